The molecule has 6 nitrogen and oxygen atoms in total. The molecule has 0 bridgehead atoms. The number of nitrogens with zero attached hydrogens (tertiary/aromatic N) is 1. The van der Waals surface area contributed by atoms with E-state index >= 15 is 0 Å². The SMILES string of the molecule is CN1C(=O)c2cc(NS(=O)(=O)CCc3ccccc3)ccc2Oc2ccccc21. The maximum atomic E-state index is 12.9. The fraction of sp³-hybridized carbons (Fsp3) is 0.136. The highest BCUT2D eigenvalue weighted by molar-refractivity contribution is 7.92. The largest absolute Gasteiger partial charge is 0.454 e. The Labute approximate surface area is 169 Å². The van der Waals surface area contributed by atoms with E-state index in [0.29, 0.717) is 34.9 Å². The number of ether oxygens (including phenoxy) is 1. The third-order valence-electron chi connectivity index (χ3n) is 4.74. The van der Waals surface area contributed by atoms with E-state index in [1.165, 1.54) is 11.0 Å². The molecular weight excluding hydrogens is 388 g/mol. The van der Waals surface area contributed by atoms with Crippen molar-refractivity contribution < 1.29 is 17.9 Å². The van der Waals surface area contributed by atoms with Crippen LogP contribution < -0.4 is 14.4 Å². The molecule has 1 aliphatic heterocycles. The number of rotatable bonds is 5. The van der Waals surface area contributed by atoms with Gasteiger partial charge in [0.25, 0.3) is 5.91 Å². The summed E-state index contributed by atoms with van der Waals surface area (Å²) in [5.41, 5.74) is 2.22. The van der Waals surface area contributed by atoms with Crippen LogP contribution in [0.3, 0.4) is 0 Å². The average Bonchev–Trinajstić information content (AvgIpc) is 2.83. The van der Waals surface area contributed by atoms with Crippen LogP contribution in [0.15, 0.2) is 72.8 Å². The minimum Gasteiger partial charge on any atom is -0.454 e. The molecule has 0 unspecified atom stereocenters. The fourth-order valence-electron chi connectivity index (χ4n) is 3.21. The monoisotopic (exact) mass is 408 g/mol. The number of benzene rings is 3. The number of carbonyl (C=O) groups excluding carboxylic acids is 1. The first-order chi connectivity index (χ1) is 13.9. The maximum absolute atomic E-state index is 12.9. The lowest BCUT2D eigenvalue weighted by Crippen LogP contribution is -2.25. The Morgan fingerprint density at radius 1 is 0.931 bits per heavy atom. The fourth-order valence-corrected chi connectivity index (χ4v) is 4.30. The summed E-state index contributed by atoms with van der Waals surface area (Å²) in [6.07, 6.45) is 0.404. The molecule has 0 fully saturated rings. The van der Waals surface area contributed by atoms with Crippen molar-refractivity contribution >= 4 is 27.3 Å². The molecule has 1 aliphatic rings. The highest BCUT2D eigenvalue weighted by Crippen LogP contribution is 2.38. The normalized spacial score (nSPS) is 13.1. The summed E-state index contributed by atoms with van der Waals surface area (Å²) in [6, 6.07) is 21.4. The lowest BCUT2D eigenvalue weighted by molar-refractivity contribution is 0.0993. The van der Waals surface area contributed by atoms with Crippen LogP contribution in [-0.2, 0) is 16.4 Å². The summed E-state index contributed by atoms with van der Waals surface area (Å²) in [6.45, 7) is 0. The smallest absolute Gasteiger partial charge is 0.261 e. The van der Waals surface area contributed by atoms with Crippen molar-refractivity contribution in [2.24, 2.45) is 0 Å². The van der Waals surface area contributed by atoms with Gasteiger partial charge < -0.3 is 9.64 Å². The first kappa shape index (κ1) is 19.0. The van der Waals surface area contributed by atoms with Gasteiger partial charge >= 0.3 is 0 Å². The van der Waals surface area contributed by atoms with Gasteiger partial charge in [0.2, 0.25) is 10.0 Å². The summed E-state index contributed by atoms with van der Waals surface area (Å²) in [5, 5.41) is 0. The Bertz CT molecular complexity index is 1160. The van der Waals surface area contributed by atoms with E-state index in [0.717, 1.165) is 5.56 Å². The van der Waals surface area contributed by atoms with Gasteiger partial charge in [-0.25, -0.2) is 8.42 Å². The zero-order valence-corrected chi connectivity index (χ0v) is 16.6. The number of hydrogen-bond acceptors (Lipinski definition) is 4. The van der Waals surface area contributed by atoms with Crippen molar-refractivity contribution in [3.63, 3.8) is 0 Å². The predicted molar refractivity (Wildman–Crippen MR) is 113 cm³/mol. The first-order valence-electron chi connectivity index (χ1n) is 9.16. The van der Waals surface area contributed by atoms with E-state index in [9.17, 15) is 13.2 Å². The minimum absolute atomic E-state index is 0.0517. The number of aryl methyl sites for hydroxylation is 1. The number of sulfonamides is 1. The molecule has 0 aliphatic carbocycles. The van der Waals surface area contributed by atoms with Gasteiger partial charge in [0.15, 0.2) is 5.75 Å². The number of anilines is 2. The standard InChI is InChI=1S/C22H20N2O4S/c1-24-19-9-5-6-10-21(19)28-20-12-11-17(15-18(20)22(24)25)23-29(26,27)14-13-16-7-3-2-4-8-16/h2-12,15,23H,13-14H2,1H3. The molecule has 3 aromatic carbocycles. The van der Waals surface area contributed by atoms with Crippen molar-refractivity contribution in [1.82, 2.24) is 0 Å². The third kappa shape index (κ3) is 4.09. The van der Waals surface area contributed by atoms with Gasteiger partial charge in [-0.1, -0.05) is 42.5 Å². The second kappa shape index (κ2) is 7.60. The maximum Gasteiger partial charge on any atom is 0.261 e. The quantitative estimate of drug-likeness (QED) is 0.691. The Balaban J connectivity index is 1.56. The van der Waals surface area contributed by atoms with Crippen LogP contribution in [0.5, 0.6) is 11.5 Å². The van der Waals surface area contributed by atoms with Crippen molar-refractivity contribution in [3.8, 4) is 11.5 Å². The third-order valence-corrected chi connectivity index (χ3v) is 6.03. The van der Waals surface area contributed by atoms with E-state index < -0.39 is 10.0 Å². The Hall–Kier alpha value is -3.32. The summed E-state index contributed by atoms with van der Waals surface area (Å²) in [5.74, 6) is 0.636. The molecule has 7 heteroatoms. The summed E-state index contributed by atoms with van der Waals surface area (Å²) in [7, 11) is -1.91. The lowest BCUT2D eigenvalue weighted by atomic mass is 10.1. The van der Waals surface area contributed by atoms with E-state index in [-0.39, 0.29) is 11.7 Å². The van der Waals surface area contributed by atoms with Crippen LogP contribution in [0.4, 0.5) is 11.4 Å². The van der Waals surface area contributed by atoms with Crippen molar-refractivity contribution in [2.75, 3.05) is 22.4 Å². The molecule has 4 rings (SSSR count). The van der Waals surface area contributed by atoms with Crippen LogP contribution in [0.1, 0.15) is 15.9 Å². The van der Waals surface area contributed by atoms with E-state index in [1.54, 1.807) is 31.3 Å². The topological polar surface area (TPSA) is 75.7 Å². The van der Waals surface area contributed by atoms with Crippen LogP contribution in [0, 0.1) is 0 Å². The van der Waals surface area contributed by atoms with E-state index in [2.05, 4.69) is 4.72 Å². The highest BCUT2D eigenvalue weighted by Gasteiger charge is 2.26. The van der Waals surface area contributed by atoms with Crippen molar-refractivity contribution in [1.29, 1.82) is 0 Å². The Kier molecular flexibility index (Phi) is 4.98. The zero-order valence-electron chi connectivity index (χ0n) is 15.8. The highest BCUT2D eigenvalue weighted by atomic mass is 32.2. The van der Waals surface area contributed by atoms with Crippen LogP contribution in [0.25, 0.3) is 0 Å². The molecule has 29 heavy (non-hydrogen) atoms. The Morgan fingerprint density at radius 2 is 1.66 bits per heavy atom. The summed E-state index contributed by atoms with van der Waals surface area (Å²) >= 11 is 0. The average molecular weight is 408 g/mol. The van der Waals surface area contributed by atoms with Gasteiger partial charge in [0.1, 0.15) is 5.75 Å². The molecule has 0 saturated carbocycles. The number of para-hydroxylation sites is 2. The molecule has 1 N–H and O–H groups in total. The second-order valence-electron chi connectivity index (χ2n) is 6.80. The molecular formula is C22H20N2O4S. The van der Waals surface area contributed by atoms with Gasteiger partial charge in [-0.2, -0.15) is 0 Å². The van der Waals surface area contributed by atoms with E-state index in [1.807, 2.05) is 42.5 Å². The molecule has 0 atom stereocenters. The molecule has 1 heterocycles. The number of fused-ring (bicyclic) bond motifs is 2. The van der Waals surface area contributed by atoms with Crippen LogP contribution in [0.2, 0.25) is 0 Å². The number of amides is 1. The first-order valence-corrected chi connectivity index (χ1v) is 10.8. The minimum atomic E-state index is -3.57. The van der Waals surface area contributed by atoms with Crippen LogP contribution in [-0.4, -0.2) is 27.1 Å². The molecule has 0 spiro atoms. The zero-order chi connectivity index (χ0) is 20.4. The van der Waals surface area contributed by atoms with Crippen LogP contribution >= 0.6 is 0 Å². The summed E-state index contributed by atoms with van der Waals surface area (Å²) < 4.78 is 33.4. The molecule has 0 radical (unpaired) electrons. The molecule has 0 saturated heterocycles. The number of nitrogens with one attached hydrogen (secondary N) is 1. The second-order valence-corrected chi connectivity index (χ2v) is 8.64. The number of hydrogen-bond donors (Lipinski definition) is 1. The van der Waals surface area contributed by atoms with Gasteiger partial charge in [0, 0.05) is 12.7 Å². The Morgan fingerprint density at radius 3 is 2.45 bits per heavy atom. The number of carbonyl (C=O) groups is 1. The predicted octanol–water partition coefficient (Wildman–Crippen LogP) is 4.05. The molecule has 3 aromatic rings. The summed E-state index contributed by atoms with van der Waals surface area (Å²) in [4.78, 5) is 14.4. The van der Waals surface area contributed by atoms with Gasteiger partial charge in [0.05, 0.1) is 17.0 Å². The molecule has 0 aromatic heterocycles. The van der Waals surface area contributed by atoms with Gasteiger partial charge in [-0.15, -0.1) is 0 Å². The van der Waals surface area contributed by atoms with Crippen molar-refractivity contribution in [3.05, 3.63) is 83.9 Å². The van der Waals surface area contributed by atoms with E-state index in [4.69, 9.17) is 4.74 Å². The molecule has 1 amide bonds. The van der Waals surface area contributed by atoms with Gasteiger partial charge in [-0.3, -0.25) is 9.52 Å². The van der Waals surface area contributed by atoms with Gasteiger partial charge in [-0.05, 0) is 42.3 Å². The lowest BCUT2D eigenvalue weighted by Gasteiger charge is -2.16. The molecule has 148 valence electrons. The van der Waals surface area contributed by atoms with Crippen molar-refractivity contribution in [2.45, 2.75) is 6.42 Å².